The molecule has 0 radical (unpaired) electrons. The lowest BCUT2D eigenvalue weighted by Gasteiger charge is -2.03. The predicted octanol–water partition coefficient (Wildman–Crippen LogP) is 1.65. The minimum Gasteiger partial charge on any atom is -0.368 e. The Bertz CT molecular complexity index is 659. The summed E-state index contributed by atoms with van der Waals surface area (Å²) in [6.07, 6.45) is 4.37. The van der Waals surface area contributed by atoms with Gasteiger partial charge in [-0.15, -0.1) is 0 Å². The summed E-state index contributed by atoms with van der Waals surface area (Å²) in [5, 5.41) is 0. The highest BCUT2D eigenvalue weighted by Gasteiger charge is 2.05. The van der Waals surface area contributed by atoms with E-state index in [1.807, 2.05) is 22.8 Å². The summed E-state index contributed by atoms with van der Waals surface area (Å²) in [6, 6.07) is 10.3. The van der Waals surface area contributed by atoms with Gasteiger partial charge in [0.25, 0.3) is 0 Å². The van der Waals surface area contributed by atoms with Crippen molar-refractivity contribution in [3.63, 3.8) is 0 Å². The van der Waals surface area contributed by atoms with Crippen LogP contribution in [0.5, 0.6) is 0 Å². The standard InChI is InChI=1S/C13H13N5/c14-13-15-8-11-12(17-13)18(9-16-11)7-6-10-4-2-1-3-5-10/h1-5,8-9H,6-7H2,(H2,14,15,17). The fraction of sp³-hybridized carbons (Fsp3) is 0.154. The van der Waals surface area contributed by atoms with Crippen molar-refractivity contribution >= 4 is 17.1 Å². The second-order valence-electron chi connectivity index (χ2n) is 4.11. The van der Waals surface area contributed by atoms with Crippen molar-refractivity contribution in [2.45, 2.75) is 13.0 Å². The molecule has 3 aromatic rings. The first-order valence-electron chi connectivity index (χ1n) is 5.80. The number of hydrogen-bond acceptors (Lipinski definition) is 4. The number of rotatable bonds is 3. The van der Waals surface area contributed by atoms with Crippen molar-refractivity contribution in [1.82, 2.24) is 19.5 Å². The molecule has 90 valence electrons. The maximum absolute atomic E-state index is 5.60. The first kappa shape index (κ1) is 10.7. The molecule has 0 spiro atoms. The highest BCUT2D eigenvalue weighted by molar-refractivity contribution is 5.70. The summed E-state index contributed by atoms with van der Waals surface area (Å²) in [4.78, 5) is 12.4. The number of nitrogen functional groups attached to an aromatic ring is 1. The number of benzene rings is 1. The molecule has 3 rings (SSSR count). The first-order chi connectivity index (χ1) is 8.83. The van der Waals surface area contributed by atoms with Gasteiger partial charge >= 0.3 is 0 Å². The molecule has 0 saturated heterocycles. The van der Waals surface area contributed by atoms with Gasteiger partial charge in [-0.1, -0.05) is 30.3 Å². The zero-order valence-electron chi connectivity index (χ0n) is 9.82. The van der Waals surface area contributed by atoms with Crippen LogP contribution in [0.4, 0.5) is 5.95 Å². The number of hydrogen-bond donors (Lipinski definition) is 1. The maximum Gasteiger partial charge on any atom is 0.222 e. The fourth-order valence-electron chi connectivity index (χ4n) is 1.93. The van der Waals surface area contributed by atoms with Crippen molar-refractivity contribution < 1.29 is 0 Å². The van der Waals surface area contributed by atoms with E-state index in [0.29, 0.717) is 0 Å². The molecule has 0 aliphatic rings. The topological polar surface area (TPSA) is 69.6 Å². The molecule has 0 unspecified atom stereocenters. The molecule has 0 atom stereocenters. The van der Waals surface area contributed by atoms with E-state index >= 15 is 0 Å². The summed E-state index contributed by atoms with van der Waals surface area (Å²) in [6.45, 7) is 0.830. The van der Waals surface area contributed by atoms with Crippen LogP contribution in [0.3, 0.4) is 0 Å². The van der Waals surface area contributed by atoms with Crippen LogP contribution in [0.2, 0.25) is 0 Å². The van der Waals surface area contributed by atoms with Crippen LogP contribution in [-0.4, -0.2) is 19.5 Å². The third-order valence-electron chi connectivity index (χ3n) is 2.86. The summed E-state index contributed by atoms with van der Waals surface area (Å²) >= 11 is 0. The number of nitrogens with two attached hydrogens (primary N) is 1. The van der Waals surface area contributed by atoms with E-state index in [1.165, 1.54) is 5.56 Å². The van der Waals surface area contributed by atoms with Gasteiger partial charge in [-0.3, -0.25) is 0 Å². The Morgan fingerprint density at radius 2 is 1.94 bits per heavy atom. The molecule has 0 bridgehead atoms. The van der Waals surface area contributed by atoms with Crippen LogP contribution >= 0.6 is 0 Å². The number of imidazole rings is 1. The largest absolute Gasteiger partial charge is 0.368 e. The third-order valence-corrected chi connectivity index (χ3v) is 2.86. The van der Waals surface area contributed by atoms with Gasteiger partial charge in [-0.25, -0.2) is 9.97 Å². The Morgan fingerprint density at radius 1 is 1.11 bits per heavy atom. The van der Waals surface area contributed by atoms with E-state index in [9.17, 15) is 0 Å². The number of fused-ring (bicyclic) bond motifs is 1. The molecule has 0 saturated carbocycles. The Labute approximate surface area is 104 Å². The minimum absolute atomic E-state index is 0.281. The van der Waals surface area contributed by atoms with Crippen molar-refractivity contribution in [3.8, 4) is 0 Å². The smallest absolute Gasteiger partial charge is 0.222 e. The van der Waals surface area contributed by atoms with Crippen LogP contribution in [0, 0.1) is 0 Å². The van der Waals surface area contributed by atoms with Crippen LogP contribution in [0.15, 0.2) is 42.9 Å². The molecule has 0 aliphatic carbocycles. The molecule has 2 N–H and O–H groups in total. The molecule has 5 heteroatoms. The van der Waals surface area contributed by atoms with Gasteiger partial charge in [0.05, 0.1) is 12.5 Å². The van der Waals surface area contributed by atoms with Gasteiger partial charge in [0.15, 0.2) is 5.65 Å². The van der Waals surface area contributed by atoms with Crippen LogP contribution in [0.25, 0.3) is 11.2 Å². The maximum atomic E-state index is 5.60. The monoisotopic (exact) mass is 239 g/mol. The van der Waals surface area contributed by atoms with E-state index in [4.69, 9.17) is 5.73 Å². The zero-order valence-corrected chi connectivity index (χ0v) is 9.82. The number of aromatic nitrogens is 4. The van der Waals surface area contributed by atoms with Gasteiger partial charge in [-0.2, -0.15) is 4.98 Å². The zero-order chi connectivity index (χ0) is 12.4. The van der Waals surface area contributed by atoms with E-state index in [0.717, 1.165) is 24.1 Å². The lowest BCUT2D eigenvalue weighted by Crippen LogP contribution is -2.02. The Hall–Kier alpha value is -2.43. The van der Waals surface area contributed by atoms with Gasteiger partial charge in [0, 0.05) is 6.54 Å². The molecule has 0 aliphatic heterocycles. The predicted molar refractivity (Wildman–Crippen MR) is 69.9 cm³/mol. The lowest BCUT2D eigenvalue weighted by atomic mass is 10.1. The first-order valence-corrected chi connectivity index (χ1v) is 5.80. The summed E-state index contributed by atoms with van der Waals surface area (Å²) in [7, 11) is 0. The van der Waals surface area contributed by atoms with Gasteiger partial charge < -0.3 is 10.3 Å². The van der Waals surface area contributed by atoms with E-state index in [1.54, 1.807) is 12.5 Å². The second kappa shape index (κ2) is 4.44. The average molecular weight is 239 g/mol. The molecule has 18 heavy (non-hydrogen) atoms. The fourth-order valence-corrected chi connectivity index (χ4v) is 1.93. The van der Waals surface area contributed by atoms with E-state index in [2.05, 4.69) is 27.1 Å². The summed E-state index contributed by atoms with van der Waals surface area (Å²) in [5.41, 5.74) is 8.45. The van der Waals surface area contributed by atoms with Crippen molar-refractivity contribution in [2.24, 2.45) is 0 Å². The molecule has 0 amide bonds. The number of nitrogens with zero attached hydrogens (tertiary/aromatic N) is 4. The van der Waals surface area contributed by atoms with Crippen molar-refractivity contribution in [3.05, 3.63) is 48.4 Å². The highest BCUT2D eigenvalue weighted by atomic mass is 15.1. The third kappa shape index (κ3) is 2.02. The average Bonchev–Trinajstić information content (AvgIpc) is 2.80. The molecular formula is C13H13N5. The van der Waals surface area contributed by atoms with Crippen LogP contribution < -0.4 is 5.73 Å². The van der Waals surface area contributed by atoms with Gasteiger partial charge in [0.1, 0.15) is 5.52 Å². The second-order valence-corrected chi connectivity index (χ2v) is 4.11. The molecule has 2 heterocycles. The normalized spacial score (nSPS) is 10.9. The molecule has 5 nitrogen and oxygen atoms in total. The molecule has 1 aromatic carbocycles. The molecule has 2 aromatic heterocycles. The number of anilines is 1. The van der Waals surface area contributed by atoms with Crippen LogP contribution in [0.1, 0.15) is 5.56 Å². The summed E-state index contributed by atoms with van der Waals surface area (Å²) in [5.74, 6) is 0.281. The highest BCUT2D eigenvalue weighted by Crippen LogP contribution is 2.11. The Balaban J connectivity index is 1.85. The Kier molecular flexibility index (Phi) is 2.64. The summed E-state index contributed by atoms with van der Waals surface area (Å²) < 4.78 is 2.00. The SMILES string of the molecule is Nc1ncc2ncn(CCc3ccccc3)c2n1. The van der Waals surface area contributed by atoms with Gasteiger partial charge in [0.2, 0.25) is 5.95 Å². The van der Waals surface area contributed by atoms with Crippen molar-refractivity contribution in [2.75, 3.05) is 5.73 Å². The lowest BCUT2D eigenvalue weighted by molar-refractivity contribution is 0.709. The number of aryl methyl sites for hydroxylation is 2. The molecular weight excluding hydrogens is 226 g/mol. The van der Waals surface area contributed by atoms with Crippen LogP contribution in [-0.2, 0) is 13.0 Å². The van der Waals surface area contributed by atoms with E-state index in [-0.39, 0.29) is 5.95 Å². The minimum atomic E-state index is 0.281. The Morgan fingerprint density at radius 3 is 2.78 bits per heavy atom. The quantitative estimate of drug-likeness (QED) is 0.754. The molecule has 0 fully saturated rings. The van der Waals surface area contributed by atoms with E-state index < -0.39 is 0 Å². The van der Waals surface area contributed by atoms with Crippen molar-refractivity contribution in [1.29, 1.82) is 0 Å². The van der Waals surface area contributed by atoms with Gasteiger partial charge in [-0.05, 0) is 12.0 Å².